The van der Waals surface area contributed by atoms with Crippen LogP contribution in [0.5, 0.6) is 0 Å². The fraction of sp³-hybridized carbons (Fsp3) is 0.375. The molecule has 0 aliphatic heterocycles. The number of nitrogens with zero attached hydrogens (tertiary/aromatic N) is 4. The van der Waals surface area contributed by atoms with Crippen molar-refractivity contribution in [3.63, 3.8) is 0 Å². The monoisotopic (exact) mass is 242 g/mol. The van der Waals surface area contributed by atoms with Gasteiger partial charge < -0.3 is 4.90 Å². The molecule has 0 spiro atoms. The Kier molecular flexibility index (Phi) is 2.66. The molecule has 0 aromatic carbocycles. The molecule has 80 valence electrons. The SMILES string of the molecule is CN(C)c1ncnc2nc(S(C)=O)sc12. The maximum absolute atomic E-state index is 11.3. The smallest absolute Gasteiger partial charge is 0.183 e. The molecule has 5 nitrogen and oxygen atoms in total. The highest BCUT2D eigenvalue weighted by Gasteiger charge is 2.13. The summed E-state index contributed by atoms with van der Waals surface area (Å²) in [7, 11) is 2.75. The van der Waals surface area contributed by atoms with Gasteiger partial charge in [0, 0.05) is 20.4 Å². The first-order chi connectivity index (χ1) is 7.09. The molecule has 2 heterocycles. The first kappa shape index (κ1) is 10.4. The number of fused-ring (bicyclic) bond motifs is 1. The van der Waals surface area contributed by atoms with Gasteiger partial charge in [-0.3, -0.25) is 4.21 Å². The molecule has 2 aromatic heterocycles. The summed E-state index contributed by atoms with van der Waals surface area (Å²) in [5.74, 6) is 0.814. The average molecular weight is 242 g/mol. The van der Waals surface area contributed by atoms with E-state index in [-0.39, 0.29) is 0 Å². The van der Waals surface area contributed by atoms with Crippen molar-refractivity contribution in [3.8, 4) is 0 Å². The quantitative estimate of drug-likeness (QED) is 0.782. The topological polar surface area (TPSA) is 59.0 Å². The molecule has 0 saturated heterocycles. The Morgan fingerprint density at radius 1 is 1.40 bits per heavy atom. The van der Waals surface area contributed by atoms with Crippen LogP contribution in [0.25, 0.3) is 10.3 Å². The maximum atomic E-state index is 11.3. The largest absolute Gasteiger partial charge is 0.361 e. The number of hydrogen-bond acceptors (Lipinski definition) is 6. The van der Waals surface area contributed by atoms with Crippen LogP contribution in [0.2, 0.25) is 0 Å². The lowest BCUT2D eigenvalue weighted by Crippen LogP contribution is -2.10. The predicted octanol–water partition coefficient (Wildman–Crippen LogP) is 0.890. The van der Waals surface area contributed by atoms with Gasteiger partial charge in [-0.25, -0.2) is 15.0 Å². The minimum Gasteiger partial charge on any atom is -0.361 e. The zero-order valence-corrected chi connectivity index (χ0v) is 10.2. The predicted molar refractivity (Wildman–Crippen MR) is 61.9 cm³/mol. The fourth-order valence-electron chi connectivity index (χ4n) is 1.16. The van der Waals surface area contributed by atoms with E-state index in [2.05, 4.69) is 15.0 Å². The van der Waals surface area contributed by atoms with Crippen molar-refractivity contribution in [1.29, 1.82) is 0 Å². The molecule has 0 aliphatic rings. The molecular formula is C8H10N4OS2. The molecule has 15 heavy (non-hydrogen) atoms. The normalized spacial score (nSPS) is 13.0. The zero-order valence-electron chi connectivity index (χ0n) is 8.59. The van der Waals surface area contributed by atoms with Crippen LogP contribution in [0.4, 0.5) is 5.82 Å². The number of hydrogen-bond donors (Lipinski definition) is 0. The number of aromatic nitrogens is 3. The third kappa shape index (κ3) is 1.84. The van der Waals surface area contributed by atoms with Gasteiger partial charge in [0.2, 0.25) is 0 Å². The van der Waals surface area contributed by atoms with Crippen molar-refractivity contribution in [2.45, 2.75) is 4.34 Å². The van der Waals surface area contributed by atoms with Gasteiger partial charge >= 0.3 is 0 Å². The van der Waals surface area contributed by atoms with Crippen molar-refractivity contribution in [2.75, 3.05) is 25.3 Å². The number of thiazole rings is 1. The molecule has 0 aliphatic carbocycles. The molecule has 2 rings (SSSR count). The Bertz CT molecular complexity index is 522. The molecule has 1 atom stereocenters. The molecular weight excluding hydrogens is 232 g/mol. The lowest BCUT2D eigenvalue weighted by Gasteiger charge is -2.09. The minimum atomic E-state index is -1.06. The summed E-state index contributed by atoms with van der Waals surface area (Å²) in [6.45, 7) is 0. The lowest BCUT2D eigenvalue weighted by molar-refractivity contribution is 0.686. The van der Waals surface area contributed by atoms with Crippen LogP contribution in [0.15, 0.2) is 10.7 Å². The molecule has 7 heteroatoms. The Morgan fingerprint density at radius 2 is 2.13 bits per heavy atom. The van der Waals surface area contributed by atoms with Crippen molar-refractivity contribution >= 4 is 38.3 Å². The van der Waals surface area contributed by atoms with Gasteiger partial charge in [-0.05, 0) is 0 Å². The summed E-state index contributed by atoms with van der Waals surface area (Å²) in [6.07, 6.45) is 3.08. The Hall–Kier alpha value is -1.08. The lowest BCUT2D eigenvalue weighted by atomic mass is 10.5. The summed E-state index contributed by atoms with van der Waals surface area (Å²) in [5, 5.41) is 0. The molecule has 0 saturated carbocycles. The van der Waals surface area contributed by atoms with Crippen molar-refractivity contribution in [1.82, 2.24) is 15.0 Å². The molecule has 0 fully saturated rings. The summed E-state index contributed by atoms with van der Waals surface area (Å²) in [6, 6.07) is 0. The summed E-state index contributed by atoms with van der Waals surface area (Å²) in [5.41, 5.74) is 0.615. The van der Waals surface area contributed by atoms with Crippen LogP contribution in [-0.4, -0.2) is 39.5 Å². The van der Waals surface area contributed by atoms with Gasteiger partial charge in [0.15, 0.2) is 15.8 Å². The summed E-state index contributed by atoms with van der Waals surface area (Å²) >= 11 is 1.38. The second-order valence-corrected chi connectivity index (χ2v) is 5.73. The van der Waals surface area contributed by atoms with Gasteiger partial charge in [0.25, 0.3) is 0 Å². The van der Waals surface area contributed by atoms with Crippen LogP contribution in [0.1, 0.15) is 0 Å². The van der Waals surface area contributed by atoms with E-state index in [0.717, 1.165) is 10.5 Å². The van der Waals surface area contributed by atoms with E-state index in [1.54, 1.807) is 6.26 Å². The highest BCUT2D eigenvalue weighted by atomic mass is 32.2. The minimum absolute atomic E-state index is 0.591. The van der Waals surface area contributed by atoms with E-state index < -0.39 is 10.8 Å². The van der Waals surface area contributed by atoms with Gasteiger partial charge in [-0.15, -0.1) is 0 Å². The second-order valence-electron chi connectivity index (χ2n) is 3.18. The number of anilines is 1. The standard InChI is InChI=1S/C8H10N4OS2/c1-12(2)7-5-6(9-4-10-7)11-8(14-5)15(3)13/h4H,1-3H3. The molecule has 2 aromatic rings. The van der Waals surface area contributed by atoms with Crippen molar-refractivity contribution in [3.05, 3.63) is 6.33 Å². The first-order valence-electron chi connectivity index (χ1n) is 4.22. The third-order valence-corrected chi connectivity index (χ3v) is 4.19. The van der Waals surface area contributed by atoms with Crippen molar-refractivity contribution in [2.24, 2.45) is 0 Å². The van der Waals surface area contributed by atoms with Crippen LogP contribution in [0.3, 0.4) is 0 Å². The van der Waals surface area contributed by atoms with Gasteiger partial charge in [0.05, 0.1) is 10.8 Å². The van der Waals surface area contributed by atoms with Gasteiger partial charge in [0.1, 0.15) is 11.0 Å². The van der Waals surface area contributed by atoms with Gasteiger partial charge in [-0.2, -0.15) is 0 Å². The van der Waals surface area contributed by atoms with E-state index in [4.69, 9.17) is 0 Å². The van der Waals surface area contributed by atoms with E-state index in [1.807, 2.05) is 19.0 Å². The van der Waals surface area contributed by atoms with E-state index >= 15 is 0 Å². The van der Waals surface area contributed by atoms with Crippen LogP contribution >= 0.6 is 11.3 Å². The van der Waals surface area contributed by atoms with Gasteiger partial charge in [-0.1, -0.05) is 11.3 Å². The molecule has 0 bridgehead atoms. The average Bonchev–Trinajstić information content (AvgIpc) is 2.60. The summed E-state index contributed by atoms with van der Waals surface area (Å²) in [4.78, 5) is 14.3. The summed E-state index contributed by atoms with van der Waals surface area (Å²) < 4.78 is 12.8. The Balaban J connectivity index is 2.69. The third-order valence-electron chi connectivity index (χ3n) is 1.82. The number of rotatable bonds is 2. The fourth-order valence-corrected chi connectivity index (χ4v) is 2.92. The van der Waals surface area contributed by atoms with E-state index in [1.165, 1.54) is 17.7 Å². The Morgan fingerprint density at radius 3 is 2.73 bits per heavy atom. The molecule has 0 amide bonds. The molecule has 0 radical (unpaired) electrons. The molecule has 1 unspecified atom stereocenters. The van der Waals surface area contributed by atoms with Crippen LogP contribution in [0, 0.1) is 0 Å². The van der Waals surface area contributed by atoms with Crippen LogP contribution < -0.4 is 4.90 Å². The first-order valence-corrected chi connectivity index (χ1v) is 6.59. The van der Waals surface area contributed by atoms with E-state index in [9.17, 15) is 4.21 Å². The van der Waals surface area contributed by atoms with Crippen LogP contribution in [-0.2, 0) is 10.8 Å². The van der Waals surface area contributed by atoms with Crippen molar-refractivity contribution < 1.29 is 4.21 Å². The molecule has 0 N–H and O–H groups in total. The highest BCUT2D eigenvalue weighted by molar-refractivity contribution is 7.86. The Labute approximate surface area is 93.6 Å². The van der Waals surface area contributed by atoms with E-state index in [0.29, 0.717) is 9.99 Å². The highest BCUT2D eigenvalue weighted by Crippen LogP contribution is 2.28. The maximum Gasteiger partial charge on any atom is 0.183 e. The second kappa shape index (κ2) is 3.82. The zero-order chi connectivity index (χ0) is 11.0.